The van der Waals surface area contributed by atoms with Crippen molar-refractivity contribution in [3.8, 4) is 5.75 Å². The Hall–Kier alpha value is -3.13. The third-order valence-corrected chi connectivity index (χ3v) is 6.15. The van der Waals surface area contributed by atoms with Crippen LogP contribution in [0.5, 0.6) is 5.75 Å². The highest BCUT2D eigenvalue weighted by Crippen LogP contribution is 2.45. The lowest BCUT2D eigenvalue weighted by molar-refractivity contribution is -0.151. The van der Waals surface area contributed by atoms with E-state index in [1.807, 2.05) is 45.0 Å². The Balaban J connectivity index is 2.06. The molecule has 0 amide bonds. The van der Waals surface area contributed by atoms with E-state index in [0.29, 0.717) is 42.2 Å². The van der Waals surface area contributed by atoms with Crippen LogP contribution in [0.2, 0.25) is 0 Å². The minimum absolute atomic E-state index is 0.0983. The molecule has 34 heavy (non-hydrogen) atoms. The summed E-state index contributed by atoms with van der Waals surface area (Å²) in [7, 11) is 1.28. The Kier molecular flexibility index (Phi) is 8.50. The molecule has 184 valence electrons. The normalized spacial score (nSPS) is 22.1. The molecule has 3 rings (SSSR count). The molecule has 0 saturated heterocycles. The highest BCUT2D eigenvalue weighted by atomic mass is 16.6. The maximum atomic E-state index is 13.7. The van der Waals surface area contributed by atoms with Gasteiger partial charge in [-0.15, -0.1) is 0 Å². The van der Waals surface area contributed by atoms with Crippen LogP contribution in [0.4, 0.5) is 0 Å². The number of allylic oxidation sites excluding steroid dienone is 3. The van der Waals surface area contributed by atoms with Crippen LogP contribution in [0.25, 0.3) is 0 Å². The van der Waals surface area contributed by atoms with Gasteiger partial charge in [0.25, 0.3) is 0 Å². The van der Waals surface area contributed by atoms with Crippen LogP contribution in [0.3, 0.4) is 0 Å². The summed E-state index contributed by atoms with van der Waals surface area (Å²) in [6.45, 7) is 8.84. The molecule has 8 heteroatoms. The van der Waals surface area contributed by atoms with Crippen LogP contribution in [0, 0.1) is 11.8 Å². The fraction of sp³-hybridized carbons (Fsp3) is 0.500. The van der Waals surface area contributed by atoms with Gasteiger partial charge in [0.2, 0.25) is 0 Å². The van der Waals surface area contributed by atoms with Crippen molar-refractivity contribution in [1.82, 2.24) is 5.32 Å². The fourth-order valence-electron chi connectivity index (χ4n) is 4.62. The van der Waals surface area contributed by atoms with E-state index in [4.69, 9.17) is 18.9 Å². The minimum Gasteiger partial charge on any atom is -0.494 e. The number of esters is 2. The first kappa shape index (κ1) is 25.5. The molecule has 0 radical (unpaired) electrons. The third kappa shape index (κ3) is 5.17. The molecule has 0 fully saturated rings. The Morgan fingerprint density at radius 1 is 1.09 bits per heavy atom. The van der Waals surface area contributed by atoms with E-state index < -0.39 is 23.8 Å². The Labute approximate surface area is 200 Å². The van der Waals surface area contributed by atoms with E-state index in [1.165, 1.54) is 7.11 Å². The number of hydrogen-bond donors (Lipinski definition) is 1. The molecule has 2 aliphatic rings. The number of nitrogens with one attached hydrogen (secondary N) is 1. The zero-order valence-electron chi connectivity index (χ0n) is 20.4. The second kappa shape index (κ2) is 11.3. The zero-order valence-corrected chi connectivity index (χ0v) is 20.4. The van der Waals surface area contributed by atoms with Gasteiger partial charge in [-0.2, -0.15) is 0 Å². The number of dihydropyridines is 1. The van der Waals surface area contributed by atoms with Crippen LogP contribution < -0.4 is 10.1 Å². The summed E-state index contributed by atoms with van der Waals surface area (Å²) >= 11 is 0. The summed E-state index contributed by atoms with van der Waals surface area (Å²) in [6, 6.07) is 7.29. The van der Waals surface area contributed by atoms with Crippen molar-refractivity contribution in [1.29, 1.82) is 0 Å². The monoisotopic (exact) mass is 471 g/mol. The predicted octanol–water partition coefficient (Wildman–Crippen LogP) is 3.28. The zero-order chi connectivity index (χ0) is 24.8. The summed E-state index contributed by atoms with van der Waals surface area (Å²) in [5, 5.41) is 3.25. The van der Waals surface area contributed by atoms with Crippen molar-refractivity contribution in [3.63, 3.8) is 0 Å². The van der Waals surface area contributed by atoms with Crippen LogP contribution in [0.1, 0.15) is 45.6 Å². The maximum absolute atomic E-state index is 13.7. The molecule has 1 N–H and O–H groups in total. The van der Waals surface area contributed by atoms with Crippen molar-refractivity contribution in [2.75, 3.05) is 33.5 Å². The lowest BCUT2D eigenvalue weighted by Gasteiger charge is -2.38. The Morgan fingerprint density at radius 3 is 2.41 bits per heavy atom. The number of carbonyl (C=O) groups is 3. The third-order valence-electron chi connectivity index (χ3n) is 6.15. The van der Waals surface area contributed by atoms with Crippen LogP contribution in [0.15, 0.2) is 46.8 Å². The number of carbonyl (C=O) groups excluding carboxylic acids is 3. The summed E-state index contributed by atoms with van der Waals surface area (Å²) in [5.41, 5.74) is 2.82. The Morgan fingerprint density at radius 2 is 1.79 bits per heavy atom. The van der Waals surface area contributed by atoms with Gasteiger partial charge >= 0.3 is 11.9 Å². The van der Waals surface area contributed by atoms with Gasteiger partial charge in [0, 0.05) is 29.5 Å². The van der Waals surface area contributed by atoms with Gasteiger partial charge in [0.15, 0.2) is 5.78 Å². The highest BCUT2D eigenvalue weighted by Gasteiger charge is 2.47. The first-order valence-corrected chi connectivity index (χ1v) is 11.6. The van der Waals surface area contributed by atoms with Gasteiger partial charge in [-0.05, 0) is 50.8 Å². The first-order valence-electron chi connectivity index (χ1n) is 11.6. The minimum atomic E-state index is -0.927. The number of methoxy groups -OCH3 is 1. The molecule has 1 aliphatic carbocycles. The number of Topliss-reactive ketones (excluding diaryl/α,β-unsaturated/α-hetero) is 1. The fourth-order valence-corrected chi connectivity index (χ4v) is 4.62. The average Bonchev–Trinajstić information content (AvgIpc) is 2.81. The van der Waals surface area contributed by atoms with Crippen molar-refractivity contribution >= 4 is 17.7 Å². The summed E-state index contributed by atoms with van der Waals surface area (Å²) in [5.74, 6) is -2.59. The number of benzene rings is 1. The SMILES string of the molecule is CCOCCOC(=O)C1=C(C)NC2=C(C(=O)[C@@H](C(=O)OC)[C@H](C)C2)[C@@H]1c1ccc(OCC)cc1. The van der Waals surface area contributed by atoms with Gasteiger partial charge < -0.3 is 24.3 Å². The summed E-state index contributed by atoms with van der Waals surface area (Å²) in [4.78, 5) is 39.4. The molecule has 0 spiro atoms. The molecule has 0 bridgehead atoms. The molecule has 0 unspecified atom stereocenters. The number of rotatable bonds is 9. The standard InChI is InChI=1S/C26H33NO7/c1-6-32-12-13-34-26(30)21-16(4)27-19-14-15(3)20(25(29)31-5)24(28)23(19)22(21)17-8-10-18(11-9-17)33-7-2/h8-11,15,20,22,27H,6-7,12-14H2,1-5H3/t15-,20+,22-/m1/s1. The molecule has 1 aromatic rings. The lowest BCUT2D eigenvalue weighted by Crippen LogP contribution is -2.43. The molecule has 3 atom stereocenters. The van der Waals surface area contributed by atoms with Gasteiger partial charge in [0.1, 0.15) is 18.3 Å². The molecule has 0 saturated carbocycles. The van der Waals surface area contributed by atoms with Crippen molar-refractivity contribution < 1.29 is 33.3 Å². The van der Waals surface area contributed by atoms with E-state index in [2.05, 4.69) is 5.32 Å². The largest absolute Gasteiger partial charge is 0.494 e. The lowest BCUT2D eigenvalue weighted by atomic mass is 9.69. The second-order valence-electron chi connectivity index (χ2n) is 8.37. The quantitative estimate of drug-likeness (QED) is 0.333. The van der Waals surface area contributed by atoms with E-state index >= 15 is 0 Å². The number of hydrogen-bond acceptors (Lipinski definition) is 8. The highest BCUT2D eigenvalue weighted by molar-refractivity contribution is 6.12. The smallest absolute Gasteiger partial charge is 0.336 e. The van der Waals surface area contributed by atoms with Crippen LogP contribution in [-0.4, -0.2) is 51.3 Å². The van der Waals surface area contributed by atoms with E-state index in [1.54, 1.807) is 6.92 Å². The van der Waals surface area contributed by atoms with Crippen molar-refractivity contribution in [3.05, 3.63) is 52.4 Å². The van der Waals surface area contributed by atoms with Gasteiger partial charge in [-0.3, -0.25) is 9.59 Å². The summed E-state index contributed by atoms with van der Waals surface area (Å²) in [6.07, 6.45) is 0.485. The second-order valence-corrected chi connectivity index (χ2v) is 8.37. The molecule has 8 nitrogen and oxygen atoms in total. The molecular formula is C26H33NO7. The topological polar surface area (TPSA) is 100 Å². The van der Waals surface area contributed by atoms with Gasteiger partial charge in [-0.1, -0.05) is 19.1 Å². The number of ketones is 1. The van der Waals surface area contributed by atoms with E-state index in [9.17, 15) is 14.4 Å². The molecule has 1 aromatic carbocycles. The Bertz CT molecular complexity index is 993. The first-order chi connectivity index (χ1) is 16.3. The summed E-state index contributed by atoms with van der Waals surface area (Å²) < 4.78 is 21.2. The van der Waals surface area contributed by atoms with E-state index in [-0.39, 0.29) is 24.9 Å². The predicted molar refractivity (Wildman–Crippen MR) is 125 cm³/mol. The van der Waals surface area contributed by atoms with E-state index in [0.717, 1.165) is 11.3 Å². The number of ether oxygens (including phenoxy) is 4. The van der Waals surface area contributed by atoms with Gasteiger partial charge in [-0.25, -0.2) is 4.79 Å². The molecule has 1 aliphatic heterocycles. The average molecular weight is 472 g/mol. The van der Waals surface area contributed by atoms with Crippen LogP contribution >= 0.6 is 0 Å². The van der Waals surface area contributed by atoms with Gasteiger partial charge in [0.05, 0.1) is 25.9 Å². The molecular weight excluding hydrogens is 438 g/mol. The molecule has 1 heterocycles. The van der Waals surface area contributed by atoms with Crippen molar-refractivity contribution in [2.24, 2.45) is 11.8 Å². The van der Waals surface area contributed by atoms with Crippen LogP contribution in [-0.2, 0) is 28.6 Å². The van der Waals surface area contributed by atoms with Crippen molar-refractivity contribution in [2.45, 2.75) is 40.0 Å². The molecule has 0 aromatic heterocycles. The maximum Gasteiger partial charge on any atom is 0.336 e.